The number of hydrogen-bond donors (Lipinski definition) is 2. The zero-order chi connectivity index (χ0) is 10.0. The highest BCUT2D eigenvalue weighted by atomic mass is 35.5. The van der Waals surface area contributed by atoms with Crippen molar-refractivity contribution >= 4 is 28.9 Å². The highest BCUT2D eigenvalue weighted by Crippen LogP contribution is 2.27. The zero-order valence-corrected chi connectivity index (χ0v) is 8.60. The summed E-state index contributed by atoms with van der Waals surface area (Å²) in [6.45, 7) is 1.77. The van der Waals surface area contributed by atoms with Crippen molar-refractivity contribution in [2.75, 3.05) is 0 Å². The first-order chi connectivity index (χ1) is 6.02. The molecule has 5 heteroatoms. The third kappa shape index (κ3) is 2.43. The van der Waals surface area contributed by atoms with Gasteiger partial charge in [-0.25, -0.2) is 0 Å². The molecule has 0 aliphatic carbocycles. The van der Waals surface area contributed by atoms with E-state index in [-0.39, 0.29) is 5.92 Å². The van der Waals surface area contributed by atoms with Crippen LogP contribution >= 0.6 is 22.9 Å². The van der Waals surface area contributed by atoms with E-state index in [0.29, 0.717) is 4.34 Å². The van der Waals surface area contributed by atoms with Gasteiger partial charge in [-0.05, 0) is 17.0 Å². The fourth-order valence-corrected chi connectivity index (χ4v) is 1.98. The van der Waals surface area contributed by atoms with Gasteiger partial charge in [0.2, 0.25) is 0 Å². The summed E-state index contributed by atoms with van der Waals surface area (Å²) >= 11 is 7.10. The molecule has 1 aromatic rings. The first-order valence-corrected chi connectivity index (χ1v) is 5.00. The fourth-order valence-electron chi connectivity index (χ4n) is 0.983. The van der Waals surface area contributed by atoms with Crippen LogP contribution in [0.1, 0.15) is 18.4 Å². The molecule has 0 saturated carbocycles. The van der Waals surface area contributed by atoms with Crippen molar-refractivity contribution < 1.29 is 9.90 Å². The maximum Gasteiger partial charge on any atom is 0.321 e. The van der Waals surface area contributed by atoms with Crippen molar-refractivity contribution in [1.82, 2.24) is 0 Å². The van der Waals surface area contributed by atoms with Gasteiger partial charge in [-0.2, -0.15) is 0 Å². The molecule has 3 nitrogen and oxygen atoms in total. The van der Waals surface area contributed by atoms with Crippen molar-refractivity contribution in [3.63, 3.8) is 0 Å². The van der Waals surface area contributed by atoms with Gasteiger partial charge in [0.25, 0.3) is 0 Å². The van der Waals surface area contributed by atoms with E-state index < -0.39 is 12.0 Å². The van der Waals surface area contributed by atoms with Crippen LogP contribution in [0, 0.1) is 0 Å². The van der Waals surface area contributed by atoms with E-state index >= 15 is 0 Å². The molecule has 0 bridgehead atoms. The number of carbonyl (C=O) groups is 1. The Hall–Kier alpha value is -0.580. The van der Waals surface area contributed by atoms with Crippen LogP contribution in [-0.4, -0.2) is 17.1 Å². The summed E-state index contributed by atoms with van der Waals surface area (Å²) in [7, 11) is 0. The Morgan fingerprint density at radius 2 is 2.38 bits per heavy atom. The van der Waals surface area contributed by atoms with Crippen LogP contribution in [0.3, 0.4) is 0 Å². The summed E-state index contributed by atoms with van der Waals surface area (Å²) in [5, 5.41) is 10.5. The molecule has 1 aromatic heterocycles. The normalized spacial score (nSPS) is 15.3. The van der Waals surface area contributed by atoms with E-state index in [2.05, 4.69) is 0 Å². The van der Waals surface area contributed by atoms with Gasteiger partial charge < -0.3 is 10.8 Å². The van der Waals surface area contributed by atoms with Crippen LogP contribution in [0.15, 0.2) is 11.4 Å². The van der Waals surface area contributed by atoms with Crippen LogP contribution in [0.5, 0.6) is 0 Å². The number of aliphatic carboxylic acids is 1. The Balaban J connectivity index is 2.78. The summed E-state index contributed by atoms with van der Waals surface area (Å²) in [6, 6.07) is 0.880. The standard InChI is InChI=1S/C8H10ClNO2S/c1-4(7(10)8(11)12)5-2-6(9)13-3-5/h2-4,7H,10H2,1H3,(H,11,12). The third-order valence-corrected chi connectivity index (χ3v) is 3.05. The summed E-state index contributed by atoms with van der Waals surface area (Å²) in [6.07, 6.45) is 0. The molecule has 72 valence electrons. The van der Waals surface area contributed by atoms with Gasteiger partial charge in [0, 0.05) is 5.92 Å². The fraction of sp³-hybridized carbons (Fsp3) is 0.375. The molecule has 2 atom stereocenters. The van der Waals surface area contributed by atoms with Crippen molar-refractivity contribution in [2.45, 2.75) is 18.9 Å². The molecule has 3 N–H and O–H groups in total. The second-order valence-electron chi connectivity index (χ2n) is 2.84. The van der Waals surface area contributed by atoms with Crippen molar-refractivity contribution in [2.24, 2.45) is 5.73 Å². The van der Waals surface area contributed by atoms with E-state index in [1.165, 1.54) is 11.3 Å². The minimum absolute atomic E-state index is 0.207. The lowest BCUT2D eigenvalue weighted by Gasteiger charge is -2.13. The Bertz CT molecular complexity index is 313. The maximum absolute atomic E-state index is 10.6. The number of carboxylic acid groups (broad SMARTS) is 1. The molecular weight excluding hydrogens is 210 g/mol. The van der Waals surface area contributed by atoms with Gasteiger partial charge in [0.1, 0.15) is 6.04 Å². The van der Waals surface area contributed by atoms with Gasteiger partial charge in [-0.1, -0.05) is 18.5 Å². The lowest BCUT2D eigenvalue weighted by Crippen LogP contribution is -2.35. The number of carboxylic acids is 1. The highest BCUT2D eigenvalue weighted by molar-refractivity contribution is 7.14. The van der Waals surface area contributed by atoms with Gasteiger partial charge in [-0.3, -0.25) is 4.79 Å². The summed E-state index contributed by atoms with van der Waals surface area (Å²) < 4.78 is 0.652. The topological polar surface area (TPSA) is 63.3 Å². The average Bonchev–Trinajstić information content (AvgIpc) is 2.49. The molecule has 2 unspecified atom stereocenters. The molecule has 0 fully saturated rings. The second-order valence-corrected chi connectivity index (χ2v) is 4.38. The van der Waals surface area contributed by atoms with E-state index in [1.54, 1.807) is 13.0 Å². The lowest BCUT2D eigenvalue weighted by molar-refractivity contribution is -0.138. The van der Waals surface area contributed by atoms with E-state index in [4.69, 9.17) is 22.4 Å². The molecule has 0 spiro atoms. The Morgan fingerprint density at radius 1 is 1.77 bits per heavy atom. The van der Waals surface area contributed by atoms with Crippen LogP contribution in [-0.2, 0) is 4.79 Å². The first kappa shape index (κ1) is 10.5. The molecule has 0 aliphatic rings. The molecule has 0 saturated heterocycles. The van der Waals surface area contributed by atoms with Crippen molar-refractivity contribution in [3.8, 4) is 0 Å². The SMILES string of the molecule is CC(c1csc(Cl)c1)C(N)C(=O)O. The van der Waals surface area contributed by atoms with Gasteiger partial charge in [-0.15, -0.1) is 11.3 Å². The predicted octanol–water partition coefficient (Wildman–Crippen LogP) is 1.92. The minimum atomic E-state index is -0.991. The van der Waals surface area contributed by atoms with Gasteiger partial charge >= 0.3 is 5.97 Å². The average molecular weight is 220 g/mol. The molecule has 13 heavy (non-hydrogen) atoms. The van der Waals surface area contributed by atoms with Crippen LogP contribution in [0.25, 0.3) is 0 Å². The molecule has 0 radical (unpaired) electrons. The molecule has 0 amide bonds. The predicted molar refractivity (Wildman–Crippen MR) is 53.4 cm³/mol. The zero-order valence-electron chi connectivity index (χ0n) is 7.03. The minimum Gasteiger partial charge on any atom is -0.480 e. The molecular formula is C8H10ClNO2S. The summed E-state index contributed by atoms with van der Waals surface area (Å²) in [4.78, 5) is 10.6. The maximum atomic E-state index is 10.6. The number of hydrogen-bond acceptors (Lipinski definition) is 3. The third-order valence-electron chi connectivity index (χ3n) is 1.94. The van der Waals surface area contributed by atoms with Crippen LogP contribution in [0.2, 0.25) is 4.34 Å². The molecule has 1 heterocycles. The quantitative estimate of drug-likeness (QED) is 0.817. The highest BCUT2D eigenvalue weighted by Gasteiger charge is 2.22. The molecule has 1 rings (SSSR count). The number of rotatable bonds is 3. The van der Waals surface area contributed by atoms with Crippen molar-refractivity contribution in [3.05, 3.63) is 21.3 Å². The Morgan fingerprint density at radius 3 is 2.77 bits per heavy atom. The Kier molecular flexibility index (Phi) is 3.30. The largest absolute Gasteiger partial charge is 0.480 e. The van der Waals surface area contributed by atoms with E-state index in [9.17, 15) is 4.79 Å². The number of nitrogens with two attached hydrogens (primary N) is 1. The van der Waals surface area contributed by atoms with Crippen molar-refractivity contribution in [1.29, 1.82) is 0 Å². The second kappa shape index (κ2) is 4.09. The smallest absolute Gasteiger partial charge is 0.321 e. The first-order valence-electron chi connectivity index (χ1n) is 3.74. The van der Waals surface area contributed by atoms with E-state index in [1.807, 2.05) is 5.38 Å². The van der Waals surface area contributed by atoms with Gasteiger partial charge in [0.15, 0.2) is 0 Å². The van der Waals surface area contributed by atoms with E-state index in [0.717, 1.165) is 5.56 Å². The monoisotopic (exact) mass is 219 g/mol. The van der Waals surface area contributed by atoms with Gasteiger partial charge in [0.05, 0.1) is 4.34 Å². The number of halogens is 1. The summed E-state index contributed by atoms with van der Waals surface area (Å²) in [5.74, 6) is -1.20. The number of thiophene rings is 1. The molecule has 0 aliphatic heterocycles. The van der Waals surface area contributed by atoms with Crippen LogP contribution < -0.4 is 5.73 Å². The Labute approximate surface area is 85.1 Å². The molecule has 0 aromatic carbocycles. The summed E-state index contributed by atoms with van der Waals surface area (Å²) in [5.41, 5.74) is 6.34. The van der Waals surface area contributed by atoms with Crippen LogP contribution in [0.4, 0.5) is 0 Å². The lowest BCUT2D eigenvalue weighted by atomic mass is 9.97.